The molecule has 25 heavy (non-hydrogen) atoms. The van der Waals surface area contributed by atoms with Gasteiger partial charge in [0.25, 0.3) is 0 Å². The van der Waals surface area contributed by atoms with Gasteiger partial charge in [-0.1, -0.05) is 36.3 Å². The van der Waals surface area contributed by atoms with Gasteiger partial charge in [0.15, 0.2) is 0 Å². The van der Waals surface area contributed by atoms with Crippen LogP contribution in [0, 0.1) is 11.8 Å². The van der Waals surface area contributed by atoms with Crippen molar-refractivity contribution in [3.8, 4) is 11.8 Å². The number of hydrogen-bond acceptors (Lipinski definition) is 5. The molecule has 3 N–H and O–H groups in total. The molecule has 2 atom stereocenters. The highest BCUT2D eigenvalue weighted by Gasteiger charge is 2.21. The minimum absolute atomic E-state index is 0.478. The third-order valence-electron chi connectivity index (χ3n) is 3.95. The molecule has 0 amide bonds. The van der Waals surface area contributed by atoms with Gasteiger partial charge in [-0.05, 0) is 30.9 Å². The van der Waals surface area contributed by atoms with Crippen LogP contribution in [0.3, 0.4) is 0 Å². The lowest BCUT2D eigenvalue weighted by Crippen LogP contribution is -2.31. The van der Waals surface area contributed by atoms with Gasteiger partial charge in [-0.3, -0.25) is 0 Å². The third kappa shape index (κ3) is 4.01. The Morgan fingerprint density at radius 2 is 2.08 bits per heavy atom. The summed E-state index contributed by atoms with van der Waals surface area (Å²) in [4.78, 5) is 1.01. The molecular weight excluding hydrogens is 353 g/mol. The molecule has 6 heteroatoms. The normalized spacial score (nSPS) is 13.3. The SMILES string of the molecule is CC#Cc1c(C[C@@H](N)[C@H](C)F)sc2c(NCc3ccccc3)snc12. The highest BCUT2D eigenvalue weighted by molar-refractivity contribution is 7.24. The summed E-state index contributed by atoms with van der Waals surface area (Å²) in [5.41, 5.74) is 8.93. The Kier molecular flexibility index (Phi) is 5.69. The molecule has 1 aromatic carbocycles. The second-order valence-corrected chi connectivity index (χ2v) is 7.73. The van der Waals surface area contributed by atoms with E-state index in [2.05, 4.69) is 33.7 Å². The zero-order valence-electron chi connectivity index (χ0n) is 14.2. The van der Waals surface area contributed by atoms with Crippen molar-refractivity contribution in [2.45, 2.75) is 39.0 Å². The van der Waals surface area contributed by atoms with Crippen molar-refractivity contribution in [3.05, 3.63) is 46.3 Å². The van der Waals surface area contributed by atoms with Crippen molar-refractivity contribution in [1.29, 1.82) is 0 Å². The van der Waals surface area contributed by atoms with Crippen LogP contribution in [0.5, 0.6) is 0 Å². The second-order valence-electron chi connectivity index (χ2n) is 5.85. The number of thiophene rings is 1. The van der Waals surface area contributed by atoms with E-state index in [0.717, 1.165) is 32.2 Å². The highest BCUT2D eigenvalue weighted by atomic mass is 32.1. The number of alkyl halides is 1. The maximum Gasteiger partial charge on any atom is 0.127 e. The highest BCUT2D eigenvalue weighted by Crippen LogP contribution is 2.39. The van der Waals surface area contributed by atoms with Crippen LogP contribution in [0.2, 0.25) is 0 Å². The Morgan fingerprint density at radius 3 is 2.76 bits per heavy atom. The lowest BCUT2D eigenvalue weighted by atomic mass is 10.1. The number of nitrogens with two attached hydrogens (primary N) is 1. The van der Waals surface area contributed by atoms with Gasteiger partial charge in [0.05, 0.1) is 10.3 Å². The number of rotatable bonds is 6. The smallest absolute Gasteiger partial charge is 0.127 e. The predicted molar refractivity (Wildman–Crippen MR) is 106 cm³/mol. The first-order valence-corrected chi connectivity index (χ1v) is 9.70. The van der Waals surface area contributed by atoms with Crippen molar-refractivity contribution in [1.82, 2.24) is 4.37 Å². The molecule has 0 spiro atoms. The molecule has 0 aliphatic heterocycles. The van der Waals surface area contributed by atoms with Crippen LogP contribution in [0.4, 0.5) is 9.39 Å². The Labute approximate surface area is 155 Å². The van der Waals surface area contributed by atoms with Crippen molar-refractivity contribution in [2.75, 3.05) is 5.32 Å². The van der Waals surface area contributed by atoms with Crippen LogP contribution in [0.15, 0.2) is 30.3 Å². The Hall–Kier alpha value is -1.94. The van der Waals surface area contributed by atoms with Crippen molar-refractivity contribution < 1.29 is 4.39 Å². The summed E-state index contributed by atoms with van der Waals surface area (Å²) in [5, 5.41) is 4.48. The van der Waals surface area contributed by atoms with E-state index in [9.17, 15) is 4.39 Å². The molecule has 0 radical (unpaired) electrons. The number of aromatic nitrogens is 1. The minimum Gasteiger partial charge on any atom is -0.370 e. The zero-order valence-corrected chi connectivity index (χ0v) is 15.8. The number of benzene rings is 1. The first-order chi connectivity index (χ1) is 12.1. The Balaban J connectivity index is 1.89. The van der Waals surface area contributed by atoms with Crippen LogP contribution in [-0.4, -0.2) is 16.6 Å². The van der Waals surface area contributed by atoms with E-state index in [0.29, 0.717) is 6.42 Å². The van der Waals surface area contributed by atoms with Gasteiger partial charge in [0, 0.05) is 23.9 Å². The van der Waals surface area contributed by atoms with Crippen molar-refractivity contribution >= 4 is 38.1 Å². The number of anilines is 1. The van der Waals surface area contributed by atoms with Gasteiger partial charge in [0.2, 0.25) is 0 Å². The van der Waals surface area contributed by atoms with E-state index in [1.807, 2.05) is 18.2 Å². The number of nitrogens with one attached hydrogen (secondary N) is 1. The first kappa shape index (κ1) is 17.9. The summed E-state index contributed by atoms with van der Waals surface area (Å²) >= 11 is 3.05. The van der Waals surface area contributed by atoms with Crippen molar-refractivity contribution in [3.63, 3.8) is 0 Å². The van der Waals surface area contributed by atoms with Gasteiger partial charge in [-0.2, -0.15) is 4.37 Å². The van der Waals surface area contributed by atoms with E-state index in [1.165, 1.54) is 24.0 Å². The van der Waals surface area contributed by atoms with E-state index in [4.69, 9.17) is 5.73 Å². The number of nitrogens with zero attached hydrogens (tertiary/aromatic N) is 1. The molecule has 0 aliphatic carbocycles. The van der Waals surface area contributed by atoms with Gasteiger partial charge in [0.1, 0.15) is 16.7 Å². The molecule has 130 valence electrons. The van der Waals surface area contributed by atoms with Crippen LogP contribution in [-0.2, 0) is 13.0 Å². The summed E-state index contributed by atoms with van der Waals surface area (Å²) in [6, 6.07) is 9.70. The maximum atomic E-state index is 13.5. The van der Waals surface area contributed by atoms with Crippen molar-refractivity contribution in [2.24, 2.45) is 5.73 Å². The molecule has 0 unspecified atom stereocenters. The van der Waals surface area contributed by atoms with E-state index < -0.39 is 12.2 Å². The van der Waals surface area contributed by atoms with E-state index in [1.54, 1.807) is 18.3 Å². The average Bonchev–Trinajstić information content (AvgIpc) is 3.14. The Morgan fingerprint density at radius 1 is 1.32 bits per heavy atom. The number of fused-ring (bicyclic) bond motifs is 1. The van der Waals surface area contributed by atoms with Gasteiger partial charge < -0.3 is 11.1 Å². The lowest BCUT2D eigenvalue weighted by Gasteiger charge is -2.11. The summed E-state index contributed by atoms with van der Waals surface area (Å²) in [6.45, 7) is 4.03. The van der Waals surface area contributed by atoms with Gasteiger partial charge >= 0.3 is 0 Å². The summed E-state index contributed by atoms with van der Waals surface area (Å²) in [5.74, 6) is 6.07. The van der Waals surface area contributed by atoms with Crippen LogP contribution < -0.4 is 11.1 Å². The summed E-state index contributed by atoms with van der Waals surface area (Å²) in [6.07, 6.45) is -0.573. The van der Waals surface area contributed by atoms with Crippen LogP contribution in [0.25, 0.3) is 10.2 Å². The topological polar surface area (TPSA) is 50.9 Å². The molecule has 2 aromatic heterocycles. The molecule has 0 fully saturated rings. The molecule has 2 heterocycles. The molecule has 0 saturated heterocycles. The van der Waals surface area contributed by atoms with Crippen LogP contribution >= 0.6 is 22.9 Å². The fourth-order valence-electron chi connectivity index (χ4n) is 2.51. The molecule has 0 saturated carbocycles. The average molecular weight is 374 g/mol. The standard InChI is InChI=1S/C19H20FN3S2/c1-3-7-14-16(10-15(21)12(2)20)24-18-17(14)23-25-19(18)22-11-13-8-5-4-6-9-13/h4-6,8-9,12,15,22H,10-11,21H2,1-2H3/t12-,15+/m0/s1. The predicted octanol–water partition coefficient (Wildman–Crippen LogP) is 4.57. The lowest BCUT2D eigenvalue weighted by molar-refractivity contribution is 0.305. The summed E-state index contributed by atoms with van der Waals surface area (Å²) in [7, 11) is 0. The fraction of sp³-hybridized carbons (Fsp3) is 0.316. The molecule has 0 aliphatic rings. The molecular formula is C19H20FN3S2. The Bertz CT molecular complexity index is 903. The molecule has 3 aromatic rings. The monoisotopic (exact) mass is 373 g/mol. The third-order valence-corrected chi connectivity index (χ3v) is 6.10. The van der Waals surface area contributed by atoms with Gasteiger partial charge in [-0.25, -0.2) is 4.39 Å². The molecule has 3 rings (SSSR count). The summed E-state index contributed by atoms with van der Waals surface area (Å²) < 4.78 is 19.1. The fourth-order valence-corrected chi connectivity index (χ4v) is 4.66. The number of halogens is 1. The largest absolute Gasteiger partial charge is 0.370 e. The van der Waals surface area contributed by atoms with Gasteiger partial charge in [-0.15, -0.1) is 17.3 Å². The molecule has 3 nitrogen and oxygen atoms in total. The maximum absolute atomic E-state index is 13.5. The minimum atomic E-state index is -1.05. The first-order valence-electron chi connectivity index (χ1n) is 8.11. The van der Waals surface area contributed by atoms with Crippen LogP contribution in [0.1, 0.15) is 29.9 Å². The van der Waals surface area contributed by atoms with E-state index >= 15 is 0 Å². The molecule has 0 bridgehead atoms. The quantitative estimate of drug-likeness (QED) is 0.622. The zero-order chi connectivity index (χ0) is 17.8. The second kappa shape index (κ2) is 7.96. The van der Waals surface area contributed by atoms with E-state index in [-0.39, 0.29) is 0 Å². The number of hydrogen-bond donors (Lipinski definition) is 2.